The van der Waals surface area contributed by atoms with Crippen molar-refractivity contribution in [1.29, 1.82) is 0 Å². The first-order valence-electron chi connectivity index (χ1n) is 6.78. The molecule has 1 aromatic heterocycles. The molecule has 0 aliphatic heterocycles. The summed E-state index contributed by atoms with van der Waals surface area (Å²) >= 11 is 0. The zero-order chi connectivity index (χ0) is 14.9. The molecule has 3 rings (SSSR count). The maximum absolute atomic E-state index is 12.2. The van der Waals surface area contributed by atoms with Gasteiger partial charge < -0.3 is 4.42 Å². The van der Waals surface area contributed by atoms with Crippen LogP contribution in [0, 0.1) is 6.92 Å². The summed E-state index contributed by atoms with van der Waals surface area (Å²) in [5.74, 6) is 0.870. The molecule has 0 fully saturated rings. The van der Waals surface area contributed by atoms with Gasteiger partial charge in [-0.15, -0.1) is 0 Å². The maximum Gasteiger partial charge on any atom is 0.276 e. The van der Waals surface area contributed by atoms with E-state index in [-0.39, 0.29) is 4.90 Å². The number of hydrogen-bond donors (Lipinski definition) is 1. The van der Waals surface area contributed by atoms with Gasteiger partial charge in [0.2, 0.25) is 0 Å². The van der Waals surface area contributed by atoms with E-state index in [9.17, 15) is 8.42 Å². The minimum Gasteiger partial charge on any atom is -0.469 e. The fourth-order valence-corrected chi connectivity index (χ4v) is 3.17. The Kier molecular flexibility index (Phi) is 3.55. The van der Waals surface area contributed by atoms with Crippen molar-refractivity contribution in [2.24, 2.45) is 5.10 Å². The van der Waals surface area contributed by atoms with Crippen molar-refractivity contribution >= 4 is 15.7 Å². The van der Waals surface area contributed by atoms with Crippen molar-refractivity contribution < 1.29 is 12.8 Å². The fourth-order valence-electron chi connectivity index (χ4n) is 2.34. The average molecular weight is 304 g/mol. The topological polar surface area (TPSA) is 71.7 Å². The largest absolute Gasteiger partial charge is 0.469 e. The second kappa shape index (κ2) is 5.37. The highest BCUT2D eigenvalue weighted by Gasteiger charge is 2.19. The van der Waals surface area contributed by atoms with Crippen LogP contribution in [0.1, 0.15) is 29.7 Å². The van der Waals surface area contributed by atoms with E-state index in [2.05, 4.69) is 9.93 Å². The molecule has 0 saturated heterocycles. The minimum absolute atomic E-state index is 0.209. The number of furan rings is 1. The van der Waals surface area contributed by atoms with E-state index in [1.807, 2.05) is 13.0 Å². The van der Waals surface area contributed by atoms with Crippen molar-refractivity contribution in [2.45, 2.75) is 31.1 Å². The molecule has 1 heterocycles. The molecule has 1 N–H and O–H groups in total. The number of rotatable bonds is 3. The highest BCUT2D eigenvalue weighted by Crippen LogP contribution is 2.22. The third-order valence-corrected chi connectivity index (χ3v) is 4.73. The fraction of sp³-hybridized carbons (Fsp3) is 0.267. The first-order chi connectivity index (χ1) is 10.1. The van der Waals surface area contributed by atoms with E-state index in [1.54, 1.807) is 30.5 Å². The molecule has 5 nitrogen and oxygen atoms in total. The lowest BCUT2D eigenvalue weighted by atomic mass is 9.97. The van der Waals surface area contributed by atoms with E-state index in [4.69, 9.17) is 4.42 Å². The Labute approximate surface area is 123 Å². The van der Waals surface area contributed by atoms with E-state index in [0.29, 0.717) is 0 Å². The van der Waals surface area contributed by atoms with Gasteiger partial charge in [0.1, 0.15) is 5.76 Å². The zero-order valence-corrected chi connectivity index (χ0v) is 12.5. The third kappa shape index (κ3) is 2.85. The van der Waals surface area contributed by atoms with Gasteiger partial charge in [0.05, 0.1) is 16.9 Å². The van der Waals surface area contributed by atoms with Gasteiger partial charge in [-0.3, -0.25) is 0 Å². The number of fused-ring (bicyclic) bond motifs is 1. The van der Waals surface area contributed by atoms with E-state index in [0.717, 1.165) is 41.9 Å². The summed E-state index contributed by atoms with van der Waals surface area (Å²) in [6.45, 7) is 1.91. The predicted molar refractivity (Wildman–Crippen MR) is 79.7 cm³/mol. The summed E-state index contributed by atoms with van der Waals surface area (Å²) in [4.78, 5) is 2.52. The Morgan fingerprint density at radius 1 is 1.14 bits per heavy atom. The molecule has 6 heteroatoms. The molecule has 1 aromatic carbocycles. The molecular formula is C15H16N2O3S. The van der Waals surface area contributed by atoms with Crippen molar-refractivity contribution in [2.75, 3.05) is 0 Å². The Morgan fingerprint density at radius 2 is 1.90 bits per heavy atom. The molecule has 0 bridgehead atoms. The van der Waals surface area contributed by atoms with Gasteiger partial charge in [0, 0.05) is 12.0 Å². The molecule has 0 atom stereocenters. The minimum atomic E-state index is -3.63. The van der Waals surface area contributed by atoms with Crippen molar-refractivity contribution in [1.82, 2.24) is 4.83 Å². The van der Waals surface area contributed by atoms with Crippen LogP contribution in [-0.2, 0) is 16.4 Å². The molecule has 0 unspecified atom stereocenters. The molecular weight excluding hydrogens is 288 g/mol. The van der Waals surface area contributed by atoms with Crippen LogP contribution in [0.25, 0.3) is 0 Å². The molecule has 1 aliphatic carbocycles. The number of hydrazone groups is 1. The molecule has 0 spiro atoms. The quantitative estimate of drug-likeness (QED) is 0.886. The molecule has 0 amide bonds. The van der Waals surface area contributed by atoms with E-state index >= 15 is 0 Å². The number of nitrogens with zero attached hydrogens (tertiary/aromatic N) is 1. The van der Waals surface area contributed by atoms with Crippen LogP contribution in [0.4, 0.5) is 0 Å². The van der Waals surface area contributed by atoms with Crippen LogP contribution in [0.2, 0.25) is 0 Å². The summed E-state index contributed by atoms with van der Waals surface area (Å²) in [6.07, 6.45) is 4.13. The van der Waals surface area contributed by atoms with Crippen molar-refractivity contribution in [3.05, 3.63) is 53.5 Å². The van der Waals surface area contributed by atoms with Crippen LogP contribution in [0.5, 0.6) is 0 Å². The molecule has 2 aromatic rings. The molecule has 21 heavy (non-hydrogen) atoms. The molecule has 110 valence electrons. The molecule has 0 radical (unpaired) electrons. The lowest BCUT2D eigenvalue weighted by Crippen LogP contribution is -2.22. The van der Waals surface area contributed by atoms with E-state index < -0.39 is 10.0 Å². The molecule has 1 aliphatic rings. The predicted octanol–water partition coefficient (Wildman–Crippen LogP) is 2.61. The van der Waals surface area contributed by atoms with Crippen molar-refractivity contribution in [3.8, 4) is 0 Å². The third-order valence-electron chi connectivity index (χ3n) is 3.51. The number of aryl methyl sites for hydroxylation is 2. The summed E-state index contributed by atoms with van der Waals surface area (Å²) < 4.78 is 29.7. The van der Waals surface area contributed by atoms with Gasteiger partial charge in [-0.05, 0) is 38.0 Å². The van der Waals surface area contributed by atoms with Gasteiger partial charge >= 0.3 is 0 Å². The average Bonchev–Trinajstić information content (AvgIpc) is 2.94. The summed E-state index contributed by atoms with van der Waals surface area (Å²) in [6, 6.07) is 8.49. The van der Waals surface area contributed by atoms with Gasteiger partial charge in [-0.25, -0.2) is 0 Å². The first-order valence-corrected chi connectivity index (χ1v) is 8.26. The van der Waals surface area contributed by atoms with Gasteiger partial charge in [-0.1, -0.05) is 17.7 Å². The second-order valence-corrected chi connectivity index (χ2v) is 6.74. The van der Waals surface area contributed by atoms with Crippen LogP contribution >= 0.6 is 0 Å². The Morgan fingerprint density at radius 3 is 2.67 bits per heavy atom. The number of benzene rings is 1. The summed E-state index contributed by atoms with van der Waals surface area (Å²) in [5.41, 5.74) is 2.63. The Bertz CT molecular complexity index is 774. The number of nitrogens with one attached hydrogen (secondary N) is 1. The Balaban J connectivity index is 1.85. The second-order valence-electron chi connectivity index (χ2n) is 5.08. The Hall–Kier alpha value is -2.08. The SMILES string of the molecule is Cc1ccc(S(=O)(=O)NN=C2CCCc3occc32)cc1. The van der Waals surface area contributed by atoms with Crippen molar-refractivity contribution in [3.63, 3.8) is 0 Å². The summed E-state index contributed by atoms with van der Waals surface area (Å²) in [5, 5.41) is 4.09. The van der Waals surface area contributed by atoms with Crippen LogP contribution < -0.4 is 4.83 Å². The molecule has 0 saturated carbocycles. The maximum atomic E-state index is 12.2. The lowest BCUT2D eigenvalue weighted by molar-refractivity contribution is 0.498. The zero-order valence-electron chi connectivity index (χ0n) is 11.7. The van der Waals surface area contributed by atoms with Crippen LogP contribution in [0.3, 0.4) is 0 Å². The van der Waals surface area contributed by atoms with Gasteiger partial charge in [-0.2, -0.15) is 18.4 Å². The highest BCUT2D eigenvalue weighted by molar-refractivity contribution is 7.89. The highest BCUT2D eigenvalue weighted by atomic mass is 32.2. The monoisotopic (exact) mass is 304 g/mol. The smallest absolute Gasteiger partial charge is 0.276 e. The summed E-state index contributed by atoms with van der Waals surface area (Å²) in [7, 11) is -3.63. The number of sulfonamides is 1. The van der Waals surface area contributed by atoms with Gasteiger partial charge in [0.25, 0.3) is 10.0 Å². The standard InChI is InChI=1S/C15H16N2O3S/c1-11-5-7-12(8-6-11)21(18,19)17-16-14-3-2-4-15-13(14)9-10-20-15/h5-10,17H,2-4H2,1H3. The van der Waals surface area contributed by atoms with E-state index in [1.165, 1.54) is 0 Å². The lowest BCUT2D eigenvalue weighted by Gasteiger charge is -2.13. The first kappa shape index (κ1) is 13.9. The normalized spacial score (nSPS) is 16.7. The van der Waals surface area contributed by atoms with Crippen LogP contribution in [-0.4, -0.2) is 14.1 Å². The van der Waals surface area contributed by atoms with Crippen LogP contribution in [0.15, 0.2) is 51.0 Å². The number of hydrogen-bond acceptors (Lipinski definition) is 4. The van der Waals surface area contributed by atoms with Gasteiger partial charge in [0.15, 0.2) is 0 Å².